The zero-order chi connectivity index (χ0) is 13.0. The minimum atomic E-state index is 0.903. The van der Waals surface area contributed by atoms with Crippen molar-refractivity contribution < 1.29 is 0 Å². The van der Waals surface area contributed by atoms with Crippen LogP contribution in [-0.4, -0.2) is 12.0 Å². The van der Waals surface area contributed by atoms with Gasteiger partial charge in [0.05, 0.1) is 5.69 Å². The van der Waals surface area contributed by atoms with E-state index in [4.69, 9.17) is 0 Å². The van der Waals surface area contributed by atoms with Crippen molar-refractivity contribution in [1.82, 2.24) is 4.98 Å². The quantitative estimate of drug-likeness (QED) is 0.838. The van der Waals surface area contributed by atoms with Crippen LogP contribution in [0.5, 0.6) is 0 Å². The second-order valence-electron chi connectivity index (χ2n) is 4.34. The highest BCUT2D eigenvalue weighted by atomic mass is 32.2. The Morgan fingerprint density at radius 3 is 2.78 bits per heavy atom. The number of thioether (sulfide) groups is 1. The Balaban J connectivity index is 2.08. The summed E-state index contributed by atoms with van der Waals surface area (Å²) in [4.78, 5) is 5.73. The number of benzene rings is 1. The molecule has 1 aromatic carbocycles. The SMILES string of the molecule is CNc1ccnc(CSc2cc(C)ccc2C)c1. The van der Waals surface area contributed by atoms with Gasteiger partial charge in [0.25, 0.3) is 0 Å². The van der Waals surface area contributed by atoms with Gasteiger partial charge in [0.15, 0.2) is 0 Å². The van der Waals surface area contributed by atoms with Crippen LogP contribution in [0.2, 0.25) is 0 Å². The molecule has 0 saturated carbocycles. The number of pyridine rings is 1. The van der Waals surface area contributed by atoms with Gasteiger partial charge < -0.3 is 5.32 Å². The topological polar surface area (TPSA) is 24.9 Å². The largest absolute Gasteiger partial charge is 0.388 e. The molecule has 2 aromatic rings. The molecule has 0 bridgehead atoms. The van der Waals surface area contributed by atoms with Crippen molar-refractivity contribution >= 4 is 17.4 Å². The van der Waals surface area contributed by atoms with Gasteiger partial charge in [-0.3, -0.25) is 4.98 Å². The van der Waals surface area contributed by atoms with Crippen molar-refractivity contribution in [2.24, 2.45) is 0 Å². The Labute approximate surface area is 113 Å². The number of aromatic nitrogens is 1. The fourth-order valence-electron chi connectivity index (χ4n) is 1.73. The van der Waals surface area contributed by atoms with Crippen molar-refractivity contribution in [3.63, 3.8) is 0 Å². The average molecular weight is 258 g/mol. The van der Waals surface area contributed by atoms with Crippen molar-refractivity contribution in [2.45, 2.75) is 24.5 Å². The zero-order valence-corrected chi connectivity index (χ0v) is 11.8. The molecule has 2 rings (SSSR count). The number of nitrogens with zero attached hydrogens (tertiary/aromatic N) is 1. The van der Waals surface area contributed by atoms with Gasteiger partial charge in [-0.1, -0.05) is 17.7 Å². The number of rotatable bonds is 4. The molecule has 1 heterocycles. The molecule has 94 valence electrons. The number of hydrogen-bond donors (Lipinski definition) is 1. The lowest BCUT2D eigenvalue weighted by atomic mass is 10.2. The minimum absolute atomic E-state index is 0.903. The van der Waals surface area contributed by atoms with Gasteiger partial charge in [0, 0.05) is 29.6 Å². The summed E-state index contributed by atoms with van der Waals surface area (Å²) in [5, 5.41) is 3.14. The van der Waals surface area contributed by atoms with Gasteiger partial charge >= 0.3 is 0 Å². The fraction of sp³-hybridized carbons (Fsp3) is 0.267. The number of aryl methyl sites for hydroxylation is 2. The van der Waals surface area contributed by atoms with E-state index in [2.05, 4.69) is 48.4 Å². The van der Waals surface area contributed by atoms with Crippen LogP contribution in [-0.2, 0) is 5.75 Å². The van der Waals surface area contributed by atoms with Crippen molar-refractivity contribution in [3.8, 4) is 0 Å². The van der Waals surface area contributed by atoms with E-state index in [0.717, 1.165) is 17.1 Å². The van der Waals surface area contributed by atoms with Gasteiger partial charge in [0.1, 0.15) is 0 Å². The van der Waals surface area contributed by atoms with Crippen LogP contribution >= 0.6 is 11.8 Å². The molecular weight excluding hydrogens is 240 g/mol. The summed E-state index contributed by atoms with van der Waals surface area (Å²) in [5.74, 6) is 0.903. The molecule has 0 aliphatic carbocycles. The molecule has 1 N–H and O–H groups in total. The van der Waals surface area contributed by atoms with E-state index in [0.29, 0.717) is 0 Å². The first-order valence-electron chi connectivity index (χ1n) is 6.02. The maximum Gasteiger partial charge on any atom is 0.0526 e. The molecule has 0 aliphatic rings. The highest BCUT2D eigenvalue weighted by Gasteiger charge is 2.02. The lowest BCUT2D eigenvalue weighted by molar-refractivity contribution is 1.16. The first kappa shape index (κ1) is 13.0. The van der Waals surface area contributed by atoms with E-state index >= 15 is 0 Å². The monoisotopic (exact) mass is 258 g/mol. The Bertz CT molecular complexity index is 538. The first-order chi connectivity index (χ1) is 8.69. The summed E-state index contributed by atoms with van der Waals surface area (Å²) in [7, 11) is 1.93. The third-order valence-corrected chi connectivity index (χ3v) is 4.02. The molecule has 2 nitrogen and oxygen atoms in total. The summed E-state index contributed by atoms with van der Waals surface area (Å²) < 4.78 is 0. The Morgan fingerprint density at radius 1 is 1.17 bits per heavy atom. The van der Waals surface area contributed by atoms with Gasteiger partial charge in [-0.05, 0) is 37.6 Å². The Kier molecular flexibility index (Phi) is 4.26. The van der Waals surface area contributed by atoms with Crippen LogP contribution in [0.25, 0.3) is 0 Å². The zero-order valence-electron chi connectivity index (χ0n) is 11.0. The predicted molar refractivity (Wildman–Crippen MR) is 79.3 cm³/mol. The lowest BCUT2D eigenvalue weighted by Crippen LogP contribution is -1.92. The van der Waals surface area contributed by atoms with Crippen molar-refractivity contribution in [2.75, 3.05) is 12.4 Å². The van der Waals surface area contributed by atoms with Crippen LogP contribution in [0.1, 0.15) is 16.8 Å². The molecule has 0 saturated heterocycles. The third kappa shape index (κ3) is 3.26. The van der Waals surface area contributed by atoms with Gasteiger partial charge in [-0.2, -0.15) is 0 Å². The number of anilines is 1. The maximum absolute atomic E-state index is 4.39. The van der Waals surface area contributed by atoms with E-state index in [1.54, 1.807) is 0 Å². The molecule has 0 amide bonds. The second kappa shape index (κ2) is 5.91. The minimum Gasteiger partial charge on any atom is -0.388 e. The van der Waals surface area contributed by atoms with E-state index < -0.39 is 0 Å². The van der Waals surface area contributed by atoms with Crippen LogP contribution in [0.15, 0.2) is 41.4 Å². The molecule has 0 aliphatic heterocycles. The Morgan fingerprint density at radius 2 is 2.00 bits per heavy atom. The molecule has 0 spiro atoms. The van der Waals surface area contributed by atoms with Gasteiger partial charge in [-0.15, -0.1) is 11.8 Å². The highest BCUT2D eigenvalue weighted by Crippen LogP contribution is 2.26. The smallest absolute Gasteiger partial charge is 0.0526 e. The van der Waals surface area contributed by atoms with Crippen LogP contribution in [0.4, 0.5) is 5.69 Å². The van der Waals surface area contributed by atoms with Crippen LogP contribution < -0.4 is 5.32 Å². The van der Waals surface area contributed by atoms with E-state index in [-0.39, 0.29) is 0 Å². The molecule has 0 radical (unpaired) electrons. The summed E-state index contributed by atoms with van der Waals surface area (Å²) >= 11 is 1.84. The summed E-state index contributed by atoms with van der Waals surface area (Å²) in [5.41, 5.74) is 4.85. The fourth-order valence-corrected chi connectivity index (χ4v) is 2.75. The maximum atomic E-state index is 4.39. The second-order valence-corrected chi connectivity index (χ2v) is 5.36. The average Bonchev–Trinajstić information content (AvgIpc) is 2.40. The standard InChI is InChI=1S/C15H18N2S/c1-11-4-5-12(2)15(8-11)18-10-14-9-13(16-3)6-7-17-14/h4-9H,10H2,1-3H3,(H,16,17). The number of nitrogens with one attached hydrogen (secondary N) is 1. The predicted octanol–water partition coefficient (Wildman–Crippen LogP) is 4.03. The normalized spacial score (nSPS) is 10.4. The summed E-state index contributed by atoms with van der Waals surface area (Å²) in [6, 6.07) is 10.6. The number of hydrogen-bond acceptors (Lipinski definition) is 3. The summed E-state index contributed by atoms with van der Waals surface area (Å²) in [6.45, 7) is 4.28. The van der Waals surface area contributed by atoms with Gasteiger partial charge in [0.2, 0.25) is 0 Å². The first-order valence-corrected chi connectivity index (χ1v) is 7.00. The van der Waals surface area contributed by atoms with Crippen LogP contribution in [0.3, 0.4) is 0 Å². The highest BCUT2D eigenvalue weighted by molar-refractivity contribution is 7.98. The molecule has 1 aromatic heterocycles. The van der Waals surface area contributed by atoms with E-state index in [9.17, 15) is 0 Å². The molecule has 3 heteroatoms. The Hall–Kier alpha value is -1.48. The third-order valence-electron chi connectivity index (χ3n) is 2.82. The van der Waals surface area contributed by atoms with Crippen molar-refractivity contribution in [3.05, 3.63) is 53.3 Å². The van der Waals surface area contributed by atoms with E-state index in [1.165, 1.54) is 16.0 Å². The van der Waals surface area contributed by atoms with Crippen molar-refractivity contribution in [1.29, 1.82) is 0 Å². The molecule has 0 unspecified atom stereocenters. The molecular formula is C15H18N2S. The molecule has 0 atom stereocenters. The molecule has 18 heavy (non-hydrogen) atoms. The summed E-state index contributed by atoms with van der Waals surface area (Å²) in [6.07, 6.45) is 1.85. The molecule has 0 fully saturated rings. The van der Waals surface area contributed by atoms with Gasteiger partial charge in [-0.25, -0.2) is 0 Å². The lowest BCUT2D eigenvalue weighted by Gasteiger charge is -2.07. The van der Waals surface area contributed by atoms with Crippen LogP contribution in [0, 0.1) is 13.8 Å². The van der Waals surface area contributed by atoms with E-state index in [1.807, 2.05) is 31.1 Å².